The molecule has 1 atom stereocenters. The first-order chi connectivity index (χ1) is 6.59. The number of hydrogen-bond acceptors (Lipinski definition) is 4. The second-order valence-electron chi connectivity index (χ2n) is 3.37. The Bertz CT molecular complexity index is 436. The molecule has 2 aromatic heterocycles. The van der Waals surface area contributed by atoms with Gasteiger partial charge in [0.2, 0.25) is 0 Å². The number of aryl methyl sites for hydroxylation is 2. The highest BCUT2D eigenvalue weighted by Gasteiger charge is 2.11. The van der Waals surface area contributed by atoms with E-state index in [0.717, 1.165) is 11.4 Å². The second kappa shape index (κ2) is 3.02. The van der Waals surface area contributed by atoms with Crippen molar-refractivity contribution in [3.63, 3.8) is 0 Å². The lowest BCUT2D eigenvalue weighted by Gasteiger charge is -1.97. The van der Waals surface area contributed by atoms with Crippen LogP contribution in [-0.4, -0.2) is 24.7 Å². The van der Waals surface area contributed by atoms with Gasteiger partial charge in [0.15, 0.2) is 11.5 Å². The highest BCUT2D eigenvalue weighted by molar-refractivity contribution is 5.43. The molecule has 2 aromatic rings. The summed E-state index contributed by atoms with van der Waals surface area (Å²) < 4.78 is 1.70. The number of nitrogens with zero attached hydrogens (tertiary/aromatic N) is 4. The zero-order valence-corrected chi connectivity index (χ0v) is 8.39. The summed E-state index contributed by atoms with van der Waals surface area (Å²) in [6, 6.07) is 0. The molecular formula is C9H12N4O. The van der Waals surface area contributed by atoms with Crippen LogP contribution in [0.5, 0.6) is 0 Å². The first-order valence-electron chi connectivity index (χ1n) is 4.46. The Hall–Kier alpha value is -1.49. The van der Waals surface area contributed by atoms with Gasteiger partial charge in [0.25, 0.3) is 0 Å². The zero-order chi connectivity index (χ0) is 10.3. The summed E-state index contributed by atoms with van der Waals surface area (Å²) in [5, 5.41) is 13.5. The van der Waals surface area contributed by atoms with Crippen molar-refractivity contribution < 1.29 is 5.11 Å². The SMILES string of the molecule is Cc1ncc(C)n2nc(C(C)O)nc12. The van der Waals surface area contributed by atoms with E-state index in [2.05, 4.69) is 15.1 Å². The van der Waals surface area contributed by atoms with Gasteiger partial charge in [0.1, 0.15) is 6.10 Å². The molecule has 0 saturated carbocycles. The summed E-state index contributed by atoms with van der Waals surface area (Å²) in [6.45, 7) is 5.42. The Kier molecular flexibility index (Phi) is 1.96. The zero-order valence-electron chi connectivity index (χ0n) is 8.39. The molecule has 5 heteroatoms. The van der Waals surface area contributed by atoms with Crippen molar-refractivity contribution in [3.8, 4) is 0 Å². The molecule has 0 radical (unpaired) electrons. The third-order valence-corrected chi connectivity index (χ3v) is 2.10. The van der Waals surface area contributed by atoms with E-state index in [1.54, 1.807) is 17.6 Å². The molecule has 0 aliphatic heterocycles. The first kappa shape index (κ1) is 9.08. The third kappa shape index (κ3) is 1.26. The van der Waals surface area contributed by atoms with Crippen LogP contribution in [0.25, 0.3) is 5.65 Å². The average Bonchev–Trinajstić information content (AvgIpc) is 2.57. The molecule has 0 spiro atoms. The van der Waals surface area contributed by atoms with Crippen LogP contribution < -0.4 is 0 Å². The van der Waals surface area contributed by atoms with Gasteiger partial charge < -0.3 is 5.11 Å². The molecule has 14 heavy (non-hydrogen) atoms. The van der Waals surface area contributed by atoms with Crippen molar-refractivity contribution in [3.05, 3.63) is 23.4 Å². The van der Waals surface area contributed by atoms with E-state index in [4.69, 9.17) is 0 Å². The Morgan fingerprint density at radius 1 is 1.43 bits per heavy atom. The van der Waals surface area contributed by atoms with E-state index in [9.17, 15) is 5.11 Å². The molecule has 1 unspecified atom stereocenters. The highest BCUT2D eigenvalue weighted by Crippen LogP contribution is 2.12. The number of rotatable bonds is 1. The topological polar surface area (TPSA) is 63.3 Å². The van der Waals surface area contributed by atoms with E-state index < -0.39 is 6.10 Å². The lowest BCUT2D eigenvalue weighted by Crippen LogP contribution is -1.98. The van der Waals surface area contributed by atoms with E-state index in [1.165, 1.54) is 0 Å². The molecule has 5 nitrogen and oxygen atoms in total. The molecule has 1 N–H and O–H groups in total. The van der Waals surface area contributed by atoms with Crippen molar-refractivity contribution in [1.82, 2.24) is 19.6 Å². The first-order valence-corrected chi connectivity index (χ1v) is 4.46. The molecule has 0 aromatic carbocycles. The fourth-order valence-corrected chi connectivity index (χ4v) is 1.29. The molecule has 74 valence electrons. The quantitative estimate of drug-likeness (QED) is 0.725. The number of hydrogen-bond donors (Lipinski definition) is 1. The van der Waals surface area contributed by atoms with Gasteiger partial charge in [-0.15, -0.1) is 5.10 Å². The Morgan fingerprint density at radius 2 is 2.14 bits per heavy atom. The van der Waals surface area contributed by atoms with Crippen molar-refractivity contribution in [1.29, 1.82) is 0 Å². The van der Waals surface area contributed by atoms with Crippen LogP contribution in [0.1, 0.15) is 30.2 Å². The van der Waals surface area contributed by atoms with Gasteiger partial charge in [-0.05, 0) is 20.8 Å². The average molecular weight is 192 g/mol. The van der Waals surface area contributed by atoms with Gasteiger partial charge in [-0.1, -0.05) is 0 Å². The summed E-state index contributed by atoms with van der Waals surface area (Å²) in [4.78, 5) is 8.39. The normalized spacial score (nSPS) is 13.4. The lowest BCUT2D eigenvalue weighted by atomic mass is 10.4. The van der Waals surface area contributed by atoms with Crippen LogP contribution in [0.3, 0.4) is 0 Å². The van der Waals surface area contributed by atoms with Crippen LogP contribution >= 0.6 is 0 Å². The summed E-state index contributed by atoms with van der Waals surface area (Å²) in [7, 11) is 0. The summed E-state index contributed by atoms with van der Waals surface area (Å²) in [5.74, 6) is 0.434. The van der Waals surface area contributed by atoms with Gasteiger partial charge in [0.05, 0.1) is 11.4 Å². The van der Waals surface area contributed by atoms with Gasteiger partial charge >= 0.3 is 0 Å². The lowest BCUT2D eigenvalue weighted by molar-refractivity contribution is 0.189. The van der Waals surface area contributed by atoms with Crippen molar-refractivity contribution in [2.75, 3.05) is 0 Å². The third-order valence-electron chi connectivity index (χ3n) is 2.10. The fourth-order valence-electron chi connectivity index (χ4n) is 1.29. The largest absolute Gasteiger partial charge is 0.385 e. The van der Waals surface area contributed by atoms with E-state index in [0.29, 0.717) is 11.5 Å². The molecule has 2 rings (SSSR count). The van der Waals surface area contributed by atoms with Crippen molar-refractivity contribution in [2.24, 2.45) is 0 Å². The Balaban J connectivity index is 2.75. The van der Waals surface area contributed by atoms with E-state index in [-0.39, 0.29) is 0 Å². The maximum Gasteiger partial charge on any atom is 0.179 e. The maximum absolute atomic E-state index is 9.35. The van der Waals surface area contributed by atoms with Crippen LogP contribution in [0.4, 0.5) is 0 Å². The molecule has 0 bridgehead atoms. The predicted octanol–water partition coefficient (Wildman–Crippen LogP) is 0.794. The summed E-state index contributed by atoms with van der Waals surface area (Å²) in [5.41, 5.74) is 2.43. The summed E-state index contributed by atoms with van der Waals surface area (Å²) >= 11 is 0. The van der Waals surface area contributed by atoms with Gasteiger partial charge in [-0.3, -0.25) is 4.98 Å². The van der Waals surface area contributed by atoms with Crippen LogP contribution in [0.2, 0.25) is 0 Å². The Labute approximate surface area is 81.4 Å². The maximum atomic E-state index is 9.35. The standard InChI is InChI=1S/C9H12N4O/c1-5-4-10-6(2)9-11-8(7(3)14)12-13(5)9/h4,7,14H,1-3H3. The molecule has 0 amide bonds. The highest BCUT2D eigenvalue weighted by atomic mass is 16.3. The van der Waals surface area contributed by atoms with Crippen molar-refractivity contribution in [2.45, 2.75) is 26.9 Å². The molecule has 0 aliphatic carbocycles. The number of aliphatic hydroxyl groups excluding tert-OH is 1. The van der Waals surface area contributed by atoms with Gasteiger partial charge in [-0.25, -0.2) is 9.50 Å². The number of aliphatic hydroxyl groups is 1. The minimum Gasteiger partial charge on any atom is -0.385 e. The second-order valence-corrected chi connectivity index (χ2v) is 3.37. The van der Waals surface area contributed by atoms with Crippen LogP contribution in [0, 0.1) is 13.8 Å². The monoisotopic (exact) mass is 192 g/mol. The molecule has 0 saturated heterocycles. The molecule has 0 aliphatic rings. The minimum atomic E-state index is -0.645. The number of aromatic nitrogens is 4. The van der Waals surface area contributed by atoms with Crippen LogP contribution in [-0.2, 0) is 0 Å². The smallest absolute Gasteiger partial charge is 0.179 e. The fraction of sp³-hybridized carbons (Fsp3) is 0.444. The van der Waals surface area contributed by atoms with Gasteiger partial charge in [-0.2, -0.15) is 0 Å². The van der Waals surface area contributed by atoms with E-state index >= 15 is 0 Å². The molecular weight excluding hydrogens is 180 g/mol. The van der Waals surface area contributed by atoms with Gasteiger partial charge in [0, 0.05) is 6.20 Å². The minimum absolute atomic E-state index is 0.434. The predicted molar refractivity (Wildman–Crippen MR) is 50.9 cm³/mol. The van der Waals surface area contributed by atoms with Crippen molar-refractivity contribution >= 4 is 5.65 Å². The van der Waals surface area contributed by atoms with Crippen LogP contribution in [0.15, 0.2) is 6.20 Å². The van der Waals surface area contributed by atoms with E-state index in [1.807, 2.05) is 13.8 Å². The molecule has 0 fully saturated rings. The summed E-state index contributed by atoms with van der Waals surface area (Å²) in [6.07, 6.45) is 1.09. The Morgan fingerprint density at radius 3 is 2.71 bits per heavy atom. The molecule has 2 heterocycles. The number of fused-ring (bicyclic) bond motifs is 1.